The Morgan fingerprint density at radius 1 is 1.40 bits per heavy atom. The Morgan fingerprint density at radius 2 is 2.15 bits per heavy atom. The van der Waals surface area contributed by atoms with Crippen LogP contribution in [0.4, 0.5) is 0 Å². The Kier molecular flexibility index (Phi) is 4.62. The molecule has 5 heteroatoms. The summed E-state index contributed by atoms with van der Waals surface area (Å²) >= 11 is 0. The Balaban J connectivity index is 1.91. The van der Waals surface area contributed by atoms with Gasteiger partial charge in [0.25, 0.3) is 0 Å². The molecule has 110 valence electrons. The molecule has 0 unspecified atom stereocenters. The molecule has 0 aliphatic carbocycles. The van der Waals surface area contributed by atoms with Gasteiger partial charge in [-0.3, -0.25) is 9.69 Å². The number of nitrogens with one attached hydrogen (secondary N) is 1. The summed E-state index contributed by atoms with van der Waals surface area (Å²) in [6.07, 6.45) is 0. The second-order valence-corrected chi connectivity index (χ2v) is 5.46. The predicted octanol–water partition coefficient (Wildman–Crippen LogP) is 0.735. The molecule has 20 heavy (non-hydrogen) atoms. The van der Waals surface area contributed by atoms with Gasteiger partial charge in [0, 0.05) is 31.7 Å². The van der Waals surface area contributed by atoms with Gasteiger partial charge in [-0.2, -0.15) is 0 Å². The molecule has 1 aromatic rings. The molecule has 1 fully saturated rings. The minimum Gasteiger partial charge on any atom is -0.492 e. The van der Waals surface area contributed by atoms with Crippen LogP contribution >= 0.6 is 0 Å². The fourth-order valence-corrected chi connectivity index (χ4v) is 2.41. The molecule has 5 nitrogen and oxygen atoms in total. The summed E-state index contributed by atoms with van der Waals surface area (Å²) in [7, 11) is 0. The molecule has 1 amide bonds. The highest BCUT2D eigenvalue weighted by molar-refractivity contribution is 5.86. The Bertz CT molecular complexity index is 474. The maximum Gasteiger partial charge on any atom is 0.240 e. The first-order valence-corrected chi connectivity index (χ1v) is 7.00. The normalized spacial score (nSPS) is 18.6. The van der Waals surface area contributed by atoms with E-state index in [1.54, 1.807) is 0 Å². The van der Waals surface area contributed by atoms with Crippen LogP contribution in [0.25, 0.3) is 0 Å². The first kappa shape index (κ1) is 14.8. The van der Waals surface area contributed by atoms with Crippen LogP contribution in [0.1, 0.15) is 19.4 Å². The second kappa shape index (κ2) is 6.24. The fourth-order valence-electron chi connectivity index (χ4n) is 2.41. The first-order valence-electron chi connectivity index (χ1n) is 7.00. The highest BCUT2D eigenvalue weighted by atomic mass is 16.5. The summed E-state index contributed by atoms with van der Waals surface area (Å²) in [4.78, 5) is 14.0. The molecule has 0 bridgehead atoms. The van der Waals surface area contributed by atoms with E-state index in [4.69, 9.17) is 10.5 Å². The van der Waals surface area contributed by atoms with E-state index < -0.39 is 5.54 Å². The van der Waals surface area contributed by atoms with Crippen molar-refractivity contribution in [1.82, 2.24) is 10.2 Å². The minimum atomic E-state index is -0.477. The molecule has 0 radical (unpaired) electrons. The molecule has 1 aliphatic heterocycles. The van der Waals surface area contributed by atoms with Gasteiger partial charge in [0.1, 0.15) is 12.4 Å². The lowest BCUT2D eigenvalue weighted by molar-refractivity contribution is -0.135. The quantitative estimate of drug-likeness (QED) is 0.833. The molecular weight excluding hydrogens is 254 g/mol. The van der Waals surface area contributed by atoms with Crippen molar-refractivity contribution in [2.75, 3.05) is 26.2 Å². The molecule has 3 N–H and O–H groups in total. The van der Waals surface area contributed by atoms with Crippen molar-refractivity contribution >= 4 is 5.91 Å². The number of ether oxygens (including phenoxy) is 1. The minimum absolute atomic E-state index is 0.0751. The van der Waals surface area contributed by atoms with Gasteiger partial charge >= 0.3 is 0 Å². The van der Waals surface area contributed by atoms with Gasteiger partial charge in [-0.15, -0.1) is 0 Å². The van der Waals surface area contributed by atoms with E-state index in [2.05, 4.69) is 10.2 Å². The zero-order chi connectivity index (χ0) is 14.6. The maximum absolute atomic E-state index is 11.8. The average Bonchev–Trinajstić information content (AvgIpc) is 2.44. The molecular formula is C15H23N3O2. The van der Waals surface area contributed by atoms with Gasteiger partial charge in [-0.25, -0.2) is 0 Å². The standard InChI is InChI=1S/C15H23N3O2/c1-15(2)14(19)17-7-8-18(15)9-10-20-13-6-4-3-5-12(13)11-16/h3-6H,7-11,16H2,1-2H3,(H,17,19). The van der Waals surface area contributed by atoms with Gasteiger partial charge in [0.05, 0.1) is 5.54 Å². The van der Waals surface area contributed by atoms with Gasteiger partial charge in [-0.05, 0) is 19.9 Å². The number of para-hydroxylation sites is 1. The van der Waals surface area contributed by atoms with Crippen LogP contribution in [0.3, 0.4) is 0 Å². The van der Waals surface area contributed by atoms with Gasteiger partial charge in [0.2, 0.25) is 5.91 Å². The van der Waals surface area contributed by atoms with Crippen molar-refractivity contribution < 1.29 is 9.53 Å². The zero-order valence-corrected chi connectivity index (χ0v) is 12.2. The summed E-state index contributed by atoms with van der Waals surface area (Å²) in [6, 6.07) is 7.78. The lowest BCUT2D eigenvalue weighted by Gasteiger charge is -2.41. The Hall–Kier alpha value is -1.59. The molecule has 0 aromatic heterocycles. The lowest BCUT2D eigenvalue weighted by atomic mass is 9.99. The molecule has 1 heterocycles. The SMILES string of the molecule is CC1(C)C(=O)NCCN1CCOc1ccccc1CN. The maximum atomic E-state index is 11.8. The molecule has 2 rings (SSSR count). The average molecular weight is 277 g/mol. The van der Waals surface area contributed by atoms with Crippen LogP contribution in [-0.2, 0) is 11.3 Å². The Labute approximate surface area is 120 Å². The van der Waals surface area contributed by atoms with Crippen molar-refractivity contribution in [3.05, 3.63) is 29.8 Å². The number of hydrogen-bond donors (Lipinski definition) is 2. The van der Waals surface area contributed by atoms with Crippen LogP contribution in [0.2, 0.25) is 0 Å². The molecule has 1 saturated heterocycles. The van der Waals surface area contributed by atoms with Crippen molar-refractivity contribution in [3.63, 3.8) is 0 Å². The predicted molar refractivity (Wildman–Crippen MR) is 78.5 cm³/mol. The molecule has 1 aliphatic rings. The number of hydrogen-bond acceptors (Lipinski definition) is 4. The van der Waals surface area contributed by atoms with Gasteiger partial charge in [-0.1, -0.05) is 18.2 Å². The first-order chi connectivity index (χ1) is 9.55. The van der Waals surface area contributed by atoms with Crippen molar-refractivity contribution in [2.45, 2.75) is 25.9 Å². The summed E-state index contributed by atoms with van der Waals surface area (Å²) in [5.41, 5.74) is 6.21. The van der Waals surface area contributed by atoms with Crippen molar-refractivity contribution in [3.8, 4) is 5.75 Å². The van der Waals surface area contributed by atoms with Gasteiger partial charge < -0.3 is 15.8 Å². The van der Waals surface area contributed by atoms with Crippen LogP contribution in [0.5, 0.6) is 5.75 Å². The van der Waals surface area contributed by atoms with E-state index in [1.807, 2.05) is 38.1 Å². The zero-order valence-electron chi connectivity index (χ0n) is 12.2. The van der Waals surface area contributed by atoms with E-state index >= 15 is 0 Å². The van der Waals surface area contributed by atoms with Crippen LogP contribution < -0.4 is 15.8 Å². The summed E-state index contributed by atoms with van der Waals surface area (Å²) in [6.45, 7) is 7.16. The molecule has 0 atom stereocenters. The number of benzene rings is 1. The number of amides is 1. The number of piperazine rings is 1. The van der Waals surface area contributed by atoms with Crippen LogP contribution in [0, 0.1) is 0 Å². The highest BCUT2D eigenvalue weighted by Crippen LogP contribution is 2.19. The monoisotopic (exact) mass is 277 g/mol. The Morgan fingerprint density at radius 3 is 2.90 bits per heavy atom. The number of carbonyl (C=O) groups excluding carboxylic acids is 1. The van der Waals surface area contributed by atoms with Crippen molar-refractivity contribution in [1.29, 1.82) is 0 Å². The number of nitrogens with zero attached hydrogens (tertiary/aromatic N) is 1. The van der Waals surface area contributed by atoms with Gasteiger partial charge in [0.15, 0.2) is 0 Å². The second-order valence-electron chi connectivity index (χ2n) is 5.46. The van der Waals surface area contributed by atoms with E-state index in [9.17, 15) is 4.79 Å². The topological polar surface area (TPSA) is 67.6 Å². The lowest BCUT2D eigenvalue weighted by Crippen LogP contribution is -2.62. The van der Waals surface area contributed by atoms with E-state index in [0.29, 0.717) is 19.7 Å². The highest BCUT2D eigenvalue weighted by Gasteiger charge is 2.37. The molecule has 0 spiro atoms. The third-order valence-corrected chi connectivity index (χ3v) is 3.82. The number of carbonyl (C=O) groups is 1. The number of rotatable bonds is 5. The fraction of sp³-hybridized carbons (Fsp3) is 0.533. The number of nitrogens with two attached hydrogens (primary N) is 1. The molecule has 1 aromatic carbocycles. The van der Waals surface area contributed by atoms with E-state index in [-0.39, 0.29) is 5.91 Å². The summed E-state index contributed by atoms with van der Waals surface area (Å²) in [5.74, 6) is 0.903. The van der Waals surface area contributed by atoms with E-state index in [1.165, 1.54) is 0 Å². The van der Waals surface area contributed by atoms with Crippen molar-refractivity contribution in [2.24, 2.45) is 5.73 Å². The third kappa shape index (κ3) is 3.11. The summed E-state index contributed by atoms with van der Waals surface area (Å²) in [5, 5.41) is 2.89. The smallest absolute Gasteiger partial charge is 0.240 e. The molecule has 0 saturated carbocycles. The van der Waals surface area contributed by atoms with E-state index in [0.717, 1.165) is 24.4 Å². The van der Waals surface area contributed by atoms with Crippen LogP contribution in [0.15, 0.2) is 24.3 Å². The third-order valence-electron chi connectivity index (χ3n) is 3.82. The van der Waals surface area contributed by atoms with Crippen LogP contribution in [-0.4, -0.2) is 42.6 Å². The largest absolute Gasteiger partial charge is 0.492 e. The summed E-state index contributed by atoms with van der Waals surface area (Å²) < 4.78 is 5.81.